The van der Waals surface area contributed by atoms with Crippen molar-refractivity contribution in [3.8, 4) is 0 Å². The molecule has 1 aliphatic carbocycles. The summed E-state index contributed by atoms with van der Waals surface area (Å²) in [5.74, 6) is 3.71. The third-order valence-electron chi connectivity index (χ3n) is 3.09. The van der Waals surface area contributed by atoms with E-state index in [1.54, 1.807) is 0 Å². The highest BCUT2D eigenvalue weighted by Crippen LogP contribution is 2.24. The second-order valence-corrected chi connectivity index (χ2v) is 5.67. The summed E-state index contributed by atoms with van der Waals surface area (Å²) in [6.45, 7) is 2.19. The van der Waals surface area contributed by atoms with Crippen LogP contribution in [0, 0.1) is 0 Å². The molecular formula is C13H21N3S. The van der Waals surface area contributed by atoms with Gasteiger partial charge in [-0.25, -0.2) is 9.97 Å². The van der Waals surface area contributed by atoms with Crippen molar-refractivity contribution in [3.05, 3.63) is 17.1 Å². The average Bonchev–Trinajstić information content (AvgIpc) is 2.55. The molecule has 1 aromatic rings. The number of aryl methyl sites for hydroxylation is 1. The van der Waals surface area contributed by atoms with Gasteiger partial charge in [0.25, 0.3) is 0 Å². The monoisotopic (exact) mass is 251 g/mol. The van der Waals surface area contributed by atoms with Crippen LogP contribution in [0.15, 0.2) is 0 Å². The summed E-state index contributed by atoms with van der Waals surface area (Å²) >= 11 is 1.89. The van der Waals surface area contributed by atoms with E-state index in [1.165, 1.54) is 42.7 Å². The first-order valence-corrected chi connectivity index (χ1v) is 7.68. The summed E-state index contributed by atoms with van der Waals surface area (Å²) in [6.07, 6.45) is 7.09. The SMILES string of the molecule is CCCSCc1nc(N)c2c(n1)CCCCC2. The Morgan fingerprint density at radius 2 is 2.00 bits per heavy atom. The van der Waals surface area contributed by atoms with Crippen molar-refractivity contribution in [1.29, 1.82) is 0 Å². The molecule has 0 fully saturated rings. The number of thioether (sulfide) groups is 1. The van der Waals surface area contributed by atoms with Crippen molar-refractivity contribution < 1.29 is 0 Å². The highest BCUT2D eigenvalue weighted by atomic mass is 32.2. The van der Waals surface area contributed by atoms with Gasteiger partial charge in [-0.05, 0) is 37.9 Å². The van der Waals surface area contributed by atoms with Crippen molar-refractivity contribution >= 4 is 17.6 Å². The lowest BCUT2D eigenvalue weighted by molar-refractivity contribution is 0.708. The molecule has 94 valence electrons. The summed E-state index contributed by atoms with van der Waals surface area (Å²) in [6, 6.07) is 0. The zero-order valence-corrected chi connectivity index (χ0v) is 11.4. The van der Waals surface area contributed by atoms with Gasteiger partial charge >= 0.3 is 0 Å². The quantitative estimate of drug-likeness (QED) is 0.660. The molecule has 17 heavy (non-hydrogen) atoms. The lowest BCUT2D eigenvalue weighted by Crippen LogP contribution is -2.08. The minimum absolute atomic E-state index is 0.726. The standard InChI is InChI=1S/C13H21N3S/c1-2-8-17-9-12-15-11-7-5-3-4-6-10(11)13(14)16-12/h2-9H2,1H3,(H2,14,15,16). The van der Waals surface area contributed by atoms with Crippen LogP contribution in [0.2, 0.25) is 0 Å². The van der Waals surface area contributed by atoms with Crippen molar-refractivity contribution in [1.82, 2.24) is 9.97 Å². The predicted octanol–water partition coefficient (Wildman–Crippen LogP) is 2.97. The smallest absolute Gasteiger partial charge is 0.140 e. The number of nitrogen functional groups attached to an aromatic ring is 1. The van der Waals surface area contributed by atoms with Crippen molar-refractivity contribution in [3.63, 3.8) is 0 Å². The van der Waals surface area contributed by atoms with Gasteiger partial charge in [0.1, 0.15) is 11.6 Å². The highest BCUT2D eigenvalue weighted by Gasteiger charge is 2.14. The van der Waals surface area contributed by atoms with Crippen LogP contribution >= 0.6 is 11.8 Å². The van der Waals surface area contributed by atoms with E-state index < -0.39 is 0 Å². The molecule has 0 spiro atoms. The van der Waals surface area contributed by atoms with Crippen LogP contribution < -0.4 is 5.73 Å². The summed E-state index contributed by atoms with van der Waals surface area (Å²) < 4.78 is 0. The summed E-state index contributed by atoms with van der Waals surface area (Å²) in [5.41, 5.74) is 8.48. The zero-order valence-electron chi connectivity index (χ0n) is 10.5. The fraction of sp³-hybridized carbons (Fsp3) is 0.692. The molecule has 1 aromatic heterocycles. The molecule has 0 bridgehead atoms. The zero-order chi connectivity index (χ0) is 12.1. The summed E-state index contributed by atoms with van der Waals surface area (Å²) in [7, 11) is 0. The first kappa shape index (κ1) is 12.7. The van der Waals surface area contributed by atoms with E-state index in [4.69, 9.17) is 10.7 Å². The van der Waals surface area contributed by atoms with Crippen LogP contribution in [0.3, 0.4) is 0 Å². The predicted molar refractivity (Wildman–Crippen MR) is 74.2 cm³/mol. The van der Waals surface area contributed by atoms with Crippen LogP contribution in [-0.2, 0) is 18.6 Å². The van der Waals surface area contributed by atoms with E-state index in [-0.39, 0.29) is 0 Å². The van der Waals surface area contributed by atoms with Crippen molar-refractivity contribution in [2.24, 2.45) is 0 Å². The lowest BCUT2D eigenvalue weighted by Gasteiger charge is -2.10. The van der Waals surface area contributed by atoms with Gasteiger partial charge in [-0.2, -0.15) is 11.8 Å². The molecule has 0 unspecified atom stereocenters. The molecular weight excluding hydrogens is 230 g/mol. The van der Waals surface area contributed by atoms with Gasteiger partial charge in [0.15, 0.2) is 0 Å². The molecule has 0 aliphatic heterocycles. The Morgan fingerprint density at radius 3 is 2.82 bits per heavy atom. The number of hydrogen-bond acceptors (Lipinski definition) is 4. The Morgan fingerprint density at radius 1 is 1.18 bits per heavy atom. The molecule has 0 aromatic carbocycles. The molecule has 2 N–H and O–H groups in total. The Balaban J connectivity index is 2.14. The number of nitrogens with zero attached hydrogens (tertiary/aromatic N) is 2. The fourth-order valence-corrected chi connectivity index (χ4v) is 2.97. The van der Waals surface area contributed by atoms with Gasteiger partial charge in [-0.3, -0.25) is 0 Å². The Hall–Kier alpha value is -0.770. The first-order valence-electron chi connectivity index (χ1n) is 6.53. The average molecular weight is 251 g/mol. The van der Waals surface area contributed by atoms with Gasteiger partial charge in [0, 0.05) is 11.3 Å². The number of hydrogen-bond donors (Lipinski definition) is 1. The van der Waals surface area contributed by atoms with E-state index in [9.17, 15) is 0 Å². The second kappa shape index (κ2) is 6.24. The van der Waals surface area contributed by atoms with Gasteiger partial charge in [-0.15, -0.1) is 0 Å². The first-order chi connectivity index (χ1) is 8.31. The molecule has 0 amide bonds. The van der Waals surface area contributed by atoms with Gasteiger partial charge < -0.3 is 5.73 Å². The molecule has 3 nitrogen and oxygen atoms in total. The maximum Gasteiger partial charge on any atom is 0.140 e. The number of fused-ring (bicyclic) bond motifs is 1. The maximum absolute atomic E-state index is 6.06. The van der Waals surface area contributed by atoms with Crippen LogP contribution in [0.5, 0.6) is 0 Å². The number of rotatable bonds is 4. The Bertz CT molecular complexity index is 379. The molecule has 0 radical (unpaired) electrons. The Labute approximate surface area is 108 Å². The molecule has 1 heterocycles. The Kier molecular flexibility index (Phi) is 4.66. The summed E-state index contributed by atoms with van der Waals surface area (Å²) in [4.78, 5) is 9.14. The minimum atomic E-state index is 0.726. The van der Waals surface area contributed by atoms with Crippen LogP contribution in [0.4, 0.5) is 5.82 Å². The van der Waals surface area contributed by atoms with Crippen LogP contribution in [-0.4, -0.2) is 15.7 Å². The van der Waals surface area contributed by atoms with E-state index >= 15 is 0 Å². The van der Waals surface area contributed by atoms with E-state index in [1.807, 2.05) is 11.8 Å². The van der Waals surface area contributed by atoms with E-state index in [0.717, 1.165) is 30.2 Å². The highest BCUT2D eigenvalue weighted by molar-refractivity contribution is 7.98. The topological polar surface area (TPSA) is 51.8 Å². The summed E-state index contributed by atoms with van der Waals surface area (Å²) in [5, 5.41) is 0. The van der Waals surface area contributed by atoms with Crippen LogP contribution in [0.1, 0.15) is 49.7 Å². The number of anilines is 1. The fourth-order valence-electron chi connectivity index (χ4n) is 2.23. The molecule has 0 saturated carbocycles. The largest absolute Gasteiger partial charge is 0.383 e. The van der Waals surface area contributed by atoms with E-state index in [0.29, 0.717) is 0 Å². The third-order valence-corrected chi connectivity index (χ3v) is 4.25. The molecule has 1 aliphatic rings. The van der Waals surface area contributed by atoms with Gasteiger partial charge in [0.2, 0.25) is 0 Å². The van der Waals surface area contributed by atoms with Crippen molar-refractivity contribution in [2.75, 3.05) is 11.5 Å². The van der Waals surface area contributed by atoms with Gasteiger partial charge in [-0.1, -0.05) is 13.3 Å². The minimum Gasteiger partial charge on any atom is -0.383 e. The number of nitrogens with two attached hydrogens (primary N) is 1. The van der Waals surface area contributed by atoms with Crippen molar-refractivity contribution in [2.45, 2.75) is 51.2 Å². The second-order valence-electron chi connectivity index (χ2n) is 4.56. The number of aromatic nitrogens is 2. The molecule has 0 saturated heterocycles. The normalized spacial score (nSPS) is 15.4. The molecule has 4 heteroatoms. The van der Waals surface area contributed by atoms with E-state index in [2.05, 4.69) is 11.9 Å². The van der Waals surface area contributed by atoms with Crippen LogP contribution in [0.25, 0.3) is 0 Å². The maximum atomic E-state index is 6.06. The molecule has 2 rings (SSSR count). The molecule has 0 atom stereocenters. The van der Waals surface area contributed by atoms with Gasteiger partial charge in [0.05, 0.1) is 5.75 Å². The third kappa shape index (κ3) is 3.35. The lowest BCUT2D eigenvalue weighted by atomic mass is 10.1.